The molecule has 0 saturated heterocycles. The molecule has 1 fully saturated rings. The van der Waals surface area contributed by atoms with Crippen LogP contribution in [0.5, 0.6) is 0 Å². The highest BCUT2D eigenvalue weighted by Crippen LogP contribution is 2.49. The van der Waals surface area contributed by atoms with E-state index in [9.17, 15) is 14.7 Å². The van der Waals surface area contributed by atoms with Crippen LogP contribution in [-0.2, 0) is 14.3 Å². The van der Waals surface area contributed by atoms with Gasteiger partial charge in [-0.2, -0.15) is 0 Å². The van der Waals surface area contributed by atoms with Gasteiger partial charge in [-0.1, -0.05) is 40.0 Å². The molecule has 0 aliphatic heterocycles. The fraction of sp³-hybridized carbons (Fsp3) is 0.889. The maximum absolute atomic E-state index is 12.8. The monoisotopic (exact) mass is 312 g/mol. The van der Waals surface area contributed by atoms with Crippen LogP contribution in [0, 0.1) is 23.2 Å². The van der Waals surface area contributed by atoms with Gasteiger partial charge in [-0.25, -0.2) is 0 Å². The van der Waals surface area contributed by atoms with Crippen molar-refractivity contribution in [2.45, 2.75) is 72.6 Å². The molecule has 22 heavy (non-hydrogen) atoms. The first-order chi connectivity index (χ1) is 10.4. The number of aliphatic carboxylic acids is 1. The van der Waals surface area contributed by atoms with Gasteiger partial charge in [0.15, 0.2) is 0 Å². The molecule has 1 aliphatic carbocycles. The number of ether oxygens (including phenoxy) is 1. The molecule has 0 spiro atoms. The first kappa shape index (κ1) is 19.0. The van der Waals surface area contributed by atoms with Crippen molar-refractivity contribution in [2.75, 3.05) is 6.61 Å². The van der Waals surface area contributed by atoms with Crippen molar-refractivity contribution in [3.8, 4) is 0 Å². The zero-order valence-corrected chi connectivity index (χ0v) is 14.6. The van der Waals surface area contributed by atoms with Crippen LogP contribution in [0.4, 0.5) is 0 Å². The lowest BCUT2D eigenvalue weighted by atomic mass is 9.59. The maximum Gasteiger partial charge on any atom is 0.313 e. The third-order valence-corrected chi connectivity index (χ3v) is 5.20. The predicted molar refractivity (Wildman–Crippen MR) is 86.5 cm³/mol. The van der Waals surface area contributed by atoms with Crippen molar-refractivity contribution in [1.82, 2.24) is 0 Å². The van der Waals surface area contributed by atoms with E-state index in [1.165, 1.54) is 6.42 Å². The lowest BCUT2D eigenvalue weighted by Crippen LogP contribution is -2.49. The highest BCUT2D eigenvalue weighted by Gasteiger charge is 2.54. The average molecular weight is 312 g/mol. The second-order valence-corrected chi connectivity index (χ2v) is 6.97. The summed E-state index contributed by atoms with van der Waals surface area (Å²) in [6.45, 7) is 8.07. The maximum atomic E-state index is 12.8. The molecule has 0 bridgehead atoms. The number of carbonyl (C=O) groups excluding carboxylic acids is 1. The van der Waals surface area contributed by atoms with Crippen LogP contribution in [0.2, 0.25) is 0 Å². The van der Waals surface area contributed by atoms with Gasteiger partial charge in [0.25, 0.3) is 0 Å². The van der Waals surface area contributed by atoms with Gasteiger partial charge in [0.2, 0.25) is 0 Å². The van der Waals surface area contributed by atoms with E-state index in [2.05, 4.69) is 0 Å². The van der Waals surface area contributed by atoms with Crippen LogP contribution in [0.25, 0.3) is 0 Å². The summed E-state index contributed by atoms with van der Waals surface area (Å²) in [6, 6.07) is 0. The summed E-state index contributed by atoms with van der Waals surface area (Å²) >= 11 is 0. The lowest BCUT2D eigenvalue weighted by molar-refractivity contribution is -0.175. The number of hydrogen-bond acceptors (Lipinski definition) is 3. The minimum absolute atomic E-state index is 0.130. The summed E-state index contributed by atoms with van der Waals surface area (Å²) in [6.07, 6.45) is 6.29. The normalized spacial score (nSPS) is 20.4. The Hall–Kier alpha value is -1.06. The van der Waals surface area contributed by atoms with Crippen molar-refractivity contribution in [3.63, 3.8) is 0 Å². The number of rotatable bonds is 8. The third kappa shape index (κ3) is 4.02. The Morgan fingerprint density at radius 3 is 2.18 bits per heavy atom. The van der Waals surface area contributed by atoms with Crippen molar-refractivity contribution in [1.29, 1.82) is 0 Å². The Balaban J connectivity index is 3.25. The molecule has 1 rings (SSSR count). The molecule has 0 aromatic carbocycles. The summed E-state index contributed by atoms with van der Waals surface area (Å²) in [5.41, 5.74) is -0.869. The minimum Gasteiger partial charge on any atom is -0.481 e. The number of hydrogen-bond donors (Lipinski definition) is 1. The van der Waals surface area contributed by atoms with Gasteiger partial charge in [-0.3, -0.25) is 9.59 Å². The smallest absolute Gasteiger partial charge is 0.313 e. The van der Waals surface area contributed by atoms with E-state index in [1.54, 1.807) is 6.92 Å². The second-order valence-electron chi connectivity index (χ2n) is 6.97. The molecule has 0 amide bonds. The van der Waals surface area contributed by atoms with E-state index in [0.717, 1.165) is 25.7 Å². The third-order valence-electron chi connectivity index (χ3n) is 5.20. The SMILES string of the molecule is CCOC(=O)C(CC)(C1CCCCC1)C(CC(C)C)C(=O)O. The van der Waals surface area contributed by atoms with Gasteiger partial charge < -0.3 is 9.84 Å². The van der Waals surface area contributed by atoms with Crippen LogP contribution in [-0.4, -0.2) is 23.7 Å². The molecule has 1 aliphatic rings. The molecule has 2 unspecified atom stereocenters. The molecule has 0 aromatic heterocycles. The van der Waals surface area contributed by atoms with Gasteiger partial charge in [-0.15, -0.1) is 0 Å². The average Bonchev–Trinajstić information content (AvgIpc) is 2.48. The highest BCUT2D eigenvalue weighted by molar-refractivity contribution is 5.85. The van der Waals surface area contributed by atoms with Gasteiger partial charge in [-0.05, 0) is 44.4 Å². The van der Waals surface area contributed by atoms with Crippen molar-refractivity contribution < 1.29 is 19.4 Å². The quantitative estimate of drug-likeness (QED) is 0.680. The first-order valence-corrected chi connectivity index (χ1v) is 8.80. The zero-order valence-electron chi connectivity index (χ0n) is 14.6. The molecule has 4 nitrogen and oxygen atoms in total. The Bertz CT molecular complexity index is 371. The molecular formula is C18H32O4. The fourth-order valence-electron chi connectivity index (χ4n) is 4.16. The number of carboxylic acids is 1. The summed E-state index contributed by atoms with van der Waals surface area (Å²) < 4.78 is 5.36. The Morgan fingerprint density at radius 1 is 1.18 bits per heavy atom. The molecule has 4 heteroatoms. The number of carbonyl (C=O) groups is 2. The summed E-state index contributed by atoms with van der Waals surface area (Å²) in [4.78, 5) is 24.8. The van der Waals surface area contributed by atoms with E-state index < -0.39 is 17.3 Å². The molecule has 1 saturated carbocycles. The van der Waals surface area contributed by atoms with Crippen molar-refractivity contribution in [2.24, 2.45) is 23.2 Å². The van der Waals surface area contributed by atoms with E-state index in [4.69, 9.17) is 4.74 Å². The standard InChI is InChI=1S/C18H32O4/c1-5-18(17(21)22-6-2,14-10-8-7-9-11-14)15(16(19)20)12-13(3)4/h13-15H,5-12H2,1-4H3,(H,19,20). The highest BCUT2D eigenvalue weighted by atomic mass is 16.5. The van der Waals surface area contributed by atoms with E-state index in [-0.39, 0.29) is 17.8 Å². The van der Waals surface area contributed by atoms with Crippen LogP contribution >= 0.6 is 0 Å². The second kappa shape index (κ2) is 8.54. The number of carboxylic acid groups (broad SMARTS) is 1. The molecule has 128 valence electrons. The molecule has 1 N–H and O–H groups in total. The minimum atomic E-state index is -0.869. The summed E-state index contributed by atoms with van der Waals surface area (Å²) in [7, 11) is 0. The van der Waals surface area contributed by atoms with Crippen LogP contribution < -0.4 is 0 Å². The number of esters is 1. The van der Waals surface area contributed by atoms with Crippen LogP contribution in [0.3, 0.4) is 0 Å². The van der Waals surface area contributed by atoms with Crippen LogP contribution in [0.15, 0.2) is 0 Å². The Labute approximate surface area is 134 Å². The molecule has 0 radical (unpaired) electrons. The van der Waals surface area contributed by atoms with Gasteiger partial charge in [0, 0.05) is 0 Å². The Morgan fingerprint density at radius 2 is 1.77 bits per heavy atom. The van der Waals surface area contributed by atoms with Crippen LogP contribution in [0.1, 0.15) is 72.6 Å². The zero-order chi connectivity index (χ0) is 16.8. The van der Waals surface area contributed by atoms with E-state index >= 15 is 0 Å². The summed E-state index contributed by atoms with van der Waals surface area (Å²) in [5.74, 6) is -1.43. The lowest BCUT2D eigenvalue weighted by Gasteiger charge is -2.44. The molecule has 2 atom stereocenters. The van der Waals surface area contributed by atoms with E-state index in [1.807, 2.05) is 20.8 Å². The Kier molecular flexibility index (Phi) is 7.37. The fourth-order valence-corrected chi connectivity index (χ4v) is 4.16. The van der Waals surface area contributed by atoms with Crippen molar-refractivity contribution >= 4 is 11.9 Å². The summed E-state index contributed by atoms with van der Waals surface area (Å²) in [5, 5.41) is 9.83. The van der Waals surface area contributed by atoms with Gasteiger partial charge in [0.05, 0.1) is 17.9 Å². The molecular weight excluding hydrogens is 280 g/mol. The van der Waals surface area contributed by atoms with E-state index in [0.29, 0.717) is 19.4 Å². The van der Waals surface area contributed by atoms with Gasteiger partial charge >= 0.3 is 11.9 Å². The molecule has 0 aromatic rings. The molecule has 0 heterocycles. The van der Waals surface area contributed by atoms with Crippen molar-refractivity contribution in [3.05, 3.63) is 0 Å². The predicted octanol–water partition coefficient (Wildman–Crippen LogP) is 4.27. The largest absolute Gasteiger partial charge is 0.481 e. The van der Waals surface area contributed by atoms with Gasteiger partial charge in [0.1, 0.15) is 0 Å². The topological polar surface area (TPSA) is 63.6 Å². The first-order valence-electron chi connectivity index (χ1n) is 8.80.